The zero-order valence-electron chi connectivity index (χ0n) is 11.7. The van der Waals surface area contributed by atoms with E-state index in [1.165, 1.54) is 0 Å². The number of hydrogen-bond acceptors (Lipinski definition) is 4. The van der Waals surface area contributed by atoms with Gasteiger partial charge in [-0.05, 0) is 24.8 Å². The highest BCUT2D eigenvalue weighted by Gasteiger charge is 2.70. The van der Waals surface area contributed by atoms with Crippen molar-refractivity contribution < 1.29 is 19.4 Å². The van der Waals surface area contributed by atoms with Crippen LogP contribution >= 0.6 is 24.0 Å². The first kappa shape index (κ1) is 17.1. The Morgan fingerprint density at radius 1 is 1.41 bits per heavy atom. The molecule has 3 N–H and O–H groups in total. The highest BCUT2D eigenvalue weighted by Crippen LogP contribution is 2.61. The van der Waals surface area contributed by atoms with Crippen LogP contribution in [-0.4, -0.2) is 22.6 Å². The van der Waals surface area contributed by atoms with E-state index in [0.29, 0.717) is 23.4 Å². The Morgan fingerprint density at radius 3 is 2.68 bits per heavy atom. The standard InChI is InChI=1S/C15H16ClNO4.ClH/c16-10-4-2-1-3-8(10)7-21-14(20)15(17)6-5-9-11(12(9)15)13(18)19;/h1-4,9,11-12H,5-7,17H2,(H,18,19);1H/t9-,11-,12-,15-;/m0./s1. The number of carboxylic acids is 1. The van der Waals surface area contributed by atoms with Crippen molar-refractivity contribution in [1.29, 1.82) is 0 Å². The summed E-state index contributed by atoms with van der Waals surface area (Å²) in [7, 11) is 0. The average molecular weight is 346 g/mol. The molecule has 22 heavy (non-hydrogen) atoms. The minimum absolute atomic E-state index is 0. The molecule has 1 aromatic rings. The molecule has 0 unspecified atom stereocenters. The summed E-state index contributed by atoms with van der Waals surface area (Å²) in [6.45, 7) is 0.0482. The number of halogens is 2. The van der Waals surface area contributed by atoms with E-state index in [1.807, 2.05) is 0 Å². The largest absolute Gasteiger partial charge is 0.481 e. The second-order valence-electron chi connectivity index (χ2n) is 5.80. The van der Waals surface area contributed by atoms with Gasteiger partial charge in [0.25, 0.3) is 0 Å². The lowest BCUT2D eigenvalue weighted by molar-refractivity contribution is -0.152. The van der Waals surface area contributed by atoms with Gasteiger partial charge in [0.05, 0.1) is 5.92 Å². The van der Waals surface area contributed by atoms with Crippen molar-refractivity contribution in [1.82, 2.24) is 0 Å². The fraction of sp³-hybridized carbons (Fsp3) is 0.467. The van der Waals surface area contributed by atoms with E-state index in [0.717, 1.165) is 0 Å². The Hall–Kier alpha value is -1.30. The van der Waals surface area contributed by atoms with Gasteiger partial charge in [-0.2, -0.15) is 0 Å². The molecule has 0 aliphatic heterocycles. The fourth-order valence-corrected chi connectivity index (χ4v) is 3.67. The molecular formula is C15H17Cl2NO4. The van der Waals surface area contributed by atoms with Crippen molar-refractivity contribution in [2.75, 3.05) is 0 Å². The maximum atomic E-state index is 12.3. The van der Waals surface area contributed by atoms with Crippen LogP contribution in [-0.2, 0) is 20.9 Å². The van der Waals surface area contributed by atoms with Gasteiger partial charge >= 0.3 is 11.9 Å². The van der Waals surface area contributed by atoms with Gasteiger partial charge in [0.1, 0.15) is 12.1 Å². The summed E-state index contributed by atoms with van der Waals surface area (Å²) in [4.78, 5) is 23.4. The summed E-state index contributed by atoms with van der Waals surface area (Å²) >= 11 is 6.00. The Balaban J connectivity index is 0.00000176. The molecule has 1 aromatic carbocycles. The number of carbonyl (C=O) groups is 2. The quantitative estimate of drug-likeness (QED) is 0.816. The second kappa shape index (κ2) is 6.07. The number of hydrogen-bond donors (Lipinski definition) is 2. The van der Waals surface area contributed by atoms with Gasteiger partial charge in [-0.3, -0.25) is 9.59 Å². The zero-order valence-corrected chi connectivity index (χ0v) is 13.3. The normalized spacial score (nSPS) is 31.8. The number of nitrogens with two attached hydrogens (primary N) is 1. The minimum Gasteiger partial charge on any atom is -0.481 e. The van der Waals surface area contributed by atoms with Gasteiger partial charge in [0.15, 0.2) is 0 Å². The maximum Gasteiger partial charge on any atom is 0.326 e. The van der Waals surface area contributed by atoms with Crippen LogP contribution in [0.15, 0.2) is 24.3 Å². The zero-order chi connectivity index (χ0) is 15.2. The first-order chi connectivity index (χ1) is 9.95. The van der Waals surface area contributed by atoms with E-state index in [1.54, 1.807) is 24.3 Å². The number of benzene rings is 1. The molecule has 5 nitrogen and oxygen atoms in total. The Morgan fingerprint density at radius 2 is 2.09 bits per heavy atom. The van der Waals surface area contributed by atoms with Crippen molar-refractivity contribution in [3.05, 3.63) is 34.9 Å². The number of fused-ring (bicyclic) bond motifs is 1. The monoisotopic (exact) mass is 345 g/mol. The summed E-state index contributed by atoms with van der Waals surface area (Å²) in [5.74, 6) is -2.19. The van der Waals surface area contributed by atoms with Gasteiger partial charge in [-0.1, -0.05) is 29.8 Å². The van der Waals surface area contributed by atoms with Crippen molar-refractivity contribution in [2.24, 2.45) is 23.5 Å². The van der Waals surface area contributed by atoms with E-state index < -0.39 is 23.4 Å². The lowest BCUT2D eigenvalue weighted by atomic mass is 9.91. The number of carboxylic acid groups (broad SMARTS) is 1. The van der Waals surface area contributed by atoms with E-state index in [-0.39, 0.29) is 30.8 Å². The molecule has 0 saturated heterocycles. The predicted molar refractivity (Wildman–Crippen MR) is 82.8 cm³/mol. The van der Waals surface area contributed by atoms with E-state index >= 15 is 0 Å². The van der Waals surface area contributed by atoms with Gasteiger partial charge in [0.2, 0.25) is 0 Å². The lowest BCUT2D eigenvalue weighted by Crippen LogP contribution is -2.50. The number of aliphatic carboxylic acids is 1. The van der Waals surface area contributed by atoms with Gasteiger partial charge in [0, 0.05) is 16.5 Å². The number of carbonyl (C=O) groups excluding carboxylic acids is 1. The van der Waals surface area contributed by atoms with Gasteiger partial charge < -0.3 is 15.6 Å². The van der Waals surface area contributed by atoms with Crippen LogP contribution in [0.1, 0.15) is 18.4 Å². The molecule has 2 aliphatic carbocycles. The third kappa shape index (κ3) is 2.69. The van der Waals surface area contributed by atoms with Crippen LogP contribution in [0.25, 0.3) is 0 Å². The topological polar surface area (TPSA) is 89.6 Å². The molecule has 0 aromatic heterocycles. The first-order valence-corrected chi connectivity index (χ1v) is 7.25. The molecule has 0 bridgehead atoms. The molecule has 2 aliphatic rings. The van der Waals surface area contributed by atoms with Gasteiger partial charge in [-0.25, -0.2) is 0 Å². The number of rotatable bonds is 4. The molecular weight excluding hydrogens is 329 g/mol. The molecule has 7 heteroatoms. The summed E-state index contributed by atoms with van der Waals surface area (Å²) < 4.78 is 5.28. The smallest absolute Gasteiger partial charge is 0.326 e. The van der Waals surface area contributed by atoms with E-state index in [4.69, 9.17) is 27.2 Å². The molecule has 120 valence electrons. The first-order valence-electron chi connectivity index (χ1n) is 6.87. The van der Waals surface area contributed by atoms with E-state index in [2.05, 4.69) is 0 Å². The molecule has 3 rings (SSSR count). The van der Waals surface area contributed by atoms with Crippen LogP contribution < -0.4 is 5.73 Å². The summed E-state index contributed by atoms with van der Waals surface area (Å²) in [6.07, 6.45) is 1.15. The molecule has 0 amide bonds. The predicted octanol–water partition coefficient (Wildman–Crippen LogP) is 2.24. The second-order valence-corrected chi connectivity index (χ2v) is 6.21. The molecule has 2 saturated carbocycles. The summed E-state index contributed by atoms with van der Waals surface area (Å²) in [5, 5.41) is 9.62. The van der Waals surface area contributed by atoms with E-state index in [9.17, 15) is 9.59 Å². The molecule has 2 fully saturated rings. The van der Waals surface area contributed by atoms with Crippen molar-refractivity contribution in [2.45, 2.75) is 25.0 Å². The SMILES string of the molecule is Cl.N[C@@]1(C(=O)OCc2ccccc2Cl)CC[C@H]2[C@H](C(=O)O)[C@H]21. The van der Waals surface area contributed by atoms with Crippen LogP contribution in [0.4, 0.5) is 0 Å². The Bertz CT molecular complexity index is 609. The maximum absolute atomic E-state index is 12.3. The fourth-order valence-electron chi connectivity index (χ4n) is 3.48. The lowest BCUT2D eigenvalue weighted by Gasteiger charge is -2.24. The average Bonchev–Trinajstić information content (AvgIpc) is 3.10. The highest BCUT2D eigenvalue weighted by atomic mass is 35.5. The van der Waals surface area contributed by atoms with Crippen LogP contribution in [0.5, 0.6) is 0 Å². The number of ether oxygens (including phenoxy) is 1. The van der Waals surface area contributed by atoms with Crippen molar-refractivity contribution >= 4 is 35.9 Å². The molecule has 0 spiro atoms. The van der Waals surface area contributed by atoms with Gasteiger partial charge in [-0.15, -0.1) is 12.4 Å². The molecule has 0 heterocycles. The minimum atomic E-state index is -1.17. The third-order valence-electron chi connectivity index (χ3n) is 4.64. The summed E-state index contributed by atoms with van der Waals surface area (Å²) in [5.41, 5.74) is 5.68. The molecule has 0 radical (unpaired) electrons. The Labute approximate surface area is 139 Å². The summed E-state index contributed by atoms with van der Waals surface area (Å²) in [6, 6.07) is 7.09. The number of esters is 1. The Kier molecular flexibility index (Phi) is 4.70. The third-order valence-corrected chi connectivity index (χ3v) is 5.01. The van der Waals surface area contributed by atoms with Crippen LogP contribution in [0, 0.1) is 17.8 Å². The van der Waals surface area contributed by atoms with Crippen molar-refractivity contribution in [3.63, 3.8) is 0 Å². The van der Waals surface area contributed by atoms with Crippen LogP contribution in [0.2, 0.25) is 5.02 Å². The molecule has 4 atom stereocenters. The highest BCUT2D eigenvalue weighted by molar-refractivity contribution is 6.31. The van der Waals surface area contributed by atoms with Crippen LogP contribution in [0.3, 0.4) is 0 Å². The van der Waals surface area contributed by atoms with Crippen molar-refractivity contribution in [3.8, 4) is 0 Å².